The number of hydrogen-bond donors (Lipinski definition) is 0. The van der Waals surface area contributed by atoms with E-state index >= 15 is 0 Å². The first-order valence-electron chi connectivity index (χ1n) is 5.72. The van der Waals surface area contributed by atoms with Gasteiger partial charge in [0.25, 0.3) is 0 Å². The first kappa shape index (κ1) is 17.3. The fraction of sp³-hybridized carbons (Fsp3) is 0.909. The second-order valence-corrected chi connectivity index (χ2v) is 7.53. The van der Waals surface area contributed by atoms with Gasteiger partial charge in [0, 0.05) is 20.2 Å². The van der Waals surface area contributed by atoms with Crippen molar-refractivity contribution in [3.63, 3.8) is 0 Å². The molecule has 0 saturated heterocycles. The molecule has 0 bridgehead atoms. The minimum absolute atomic E-state index is 0.0372. The molecule has 0 aliphatic heterocycles. The Labute approximate surface area is 109 Å². The van der Waals surface area contributed by atoms with E-state index in [2.05, 4.69) is 4.74 Å². The molecule has 0 aliphatic carbocycles. The molecule has 0 aromatic rings. The lowest BCUT2D eigenvalue weighted by molar-refractivity contribution is -0.140. The predicted molar refractivity (Wildman–Crippen MR) is 68.8 cm³/mol. The maximum Gasteiger partial charge on any atom is 0.306 e. The van der Waals surface area contributed by atoms with Crippen molar-refractivity contribution < 1.29 is 22.7 Å². The number of carbonyl (C=O) groups excluding carboxylic acids is 1. The molecule has 0 aromatic heterocycles. The Bertz CT molecular complexity index is 358. The van der Waals surface area contributed by atoms with Gasteiger partial charge in [-0.05, 0) is 20.8 Å². The molecule has 0 fully saturated rings. The number of esters is 1. The van der Waals surface area contributed by atoms with Crippen LogP contribution in [0.1, 0.15) is 27.2 Å². The fourth-order valence-electron chi connectivity index (χ4n) is 1.25. The second-order valence-electron chi connectivity index (χ2n) is 4.84. The first-order chi connectivity index (χ1) is 8.16. The molecule has 0 saturated carbocycles. The van der Waals surface area contributed by atoms with Crippen LogP contribution >= 0.6 is 0 Å². The highest BCUT2D eigenvalue weighted by atomic mass is 32.2. The lowest BCUT2D eigenvalue weighted by Gasteiger charge is -2.29. The highest BCUT2D eigenvalue weighted by Crippen LogP contribution is 2.20. The summed E-state index contributed by atoms with van der Waals surface area (Å²) in [4.78, 5) is 11.1. The van der Waals surface area contributed by atoms with Crippen LogP contribution in [0.2, 0.25) is 0 Å². The van der Waals surface area contributed by atoms with Crippen LogP contribution in [0.25, 0.3) is 0 Å². The summed E-state index contributed by atoms with van der Waals surface area (Å²) in [5, 5.41) is 0. The average molecular weight is 281 g/mol. The van der Waals surface area contributed by atoms with E-state index < -0.39 is 20.7 Å². The van der Waals surface area contributed by atoms with Gasteiger partial charge >= 0.3 is 5.97 Å². The zero-order valence-corrected chi connectivity index (χ0v) is 12.5. The van der Waals surface area contributed by atoms with E-state index in [1.54, 1.807) is 20.8 Å². The minimum Gasteiger partial charge on any atom is -0.469 e. The number of ether oxygens (including phenoxy) is 2. The van der Waals surface area contributed by atoms with Crippen LogP contribution in [0, 0.1) is 0 Å². The Hall–Kier alpha value is -0.660. The number of nitrogens with zero attached hydrogens (tertiary/aromatic N) is 1. The third kappa shape index (κ3) is 4.91. The topological polar surface area (TPSA) is 72.9 Å². The van der Waals surface area contributed by atoms with Crippen LogP contribution in [0.3, 0.4) is 0 Å². The Balaban J connectivity index is 4.83. The SMILES string of the molecule is COCCN(CCC(=O)OC)S(=O)(=O)C(C)(C)C. The van der Waals surface area contributed by atoms with Crippen molar-refractivity contribution in [3.05, 3.63) is 0 Å². The summed E-state index contributed by atoms with van der Waals surface area (Å²) in [6, 6.07) is 0. The van der Waals surface area contributed by atoms with E-state index in [1.807, 2.05) is 0 Å². The number of rotatable bonds is 7. The summed E-state index contributed by atoms with van der Waals surface area (Å²) in [6.45, 7) is 5.50. The Morgan fingerprint density at radius 2 is 1.72 bits per heavy atom. The van der Waals surface area contributed by atoms with E-state index in [0.717, 1.165) is 0 Å². The van der Waals surface area contributed by atoms with Gasteiger partial charge in [-0.15, -0.1) is 0 Å². The Kier molecular flexibility index (Phi) is 6.80. The van der Waals surface area contributed by atoms with Crippen LogP contribution in [0.5, 0.6) is 0 Å². The van der Waals surface area contributed by atoms with Crippen molar-refractivity contribution in [2.75, 3.05) is 33.9 Å². The van der Waals surface area contributed by atoms with Crippen molar-refractivity contribution in [3.8, 4) is 0 Å². The van der Waals surface area contributed by atoms with Crippen LogP contribution in [0.15, 0.2) is 0 Å². The lowest BCUT2D eigenvalue weighted by Crippen LogP contribution is -2.45. The molecule has 0 rings (SSSR count). The second kappa shape index (κ2) is 7.06. The van der Waals surface area contributed by atoms with Gasteiger partial charge < -0.3 is 9.47 Å². The molecule has 0 aromatic carbocycles. The van der Waals surface area contributed by atoms with Crippen LogP contribution in [-0.2, 0) is 24.3 Å². The molecule has 0 amide bonds. The summed E-state index contributed by atoms with van der Waals surface area (Å²) in [6.07, 6.45) is 0.0372. The normalized spacial score (nSPS) is 12.8. The molecule has 18 heavy (non-hydrogen) atoms. The van der Waals surface area contributed by atoms with Gasteiger partial charge in [0.05, 0.1) is 24.9 Å². The molecular weight excluding hydrogens is 258 g/mol. The van der Waals surface area contributed by atoms with E-state index in [-0.39, 0.29) is 26.1 Å². The first-order valence-corrected chi connectivity index (χ1v) is 7.16. The molecular formula is C11H23NO5S. The number of methoxy groups -OCH3 is 2. The highest BCUT2D eigenvalue weighted by molar-refractivity contribution is 7.90. The molecule has 6 nitrogen and oxygen atoms in total. The van der Waals surface area contributed by atoms with Crippen LogP contribution in [0.4, 0.5) is 0 Å². The zero-order chi connectivity index (χ0) is 14.4. The smallest absolute Gasteiger partial charge is 0.306 e. The highest BCUT2D eigenvalue weighted by Gasteiger charge is 2.35. The third-order valence-corrected chi connectivity index (χ3v) is 5.04. The predicted octanol–water partition coefficient (Wildman–Crippen LogP) is 0.626. The molecule has 0 radical (unpaired) electrons. The van der Waals surface area contributed by atoms with Gasteiger partial charge in [-0.25, -0.2) is 8.42 Å². The third-order valence-electron chi connectivity index (χ3n) is 2.45. The summed E-state index contributed by atoms with van der Waals surface area (Å²) >= 11 is 0. The maximum atomic E-state index is 12.3. The van der Waals surface area contributed by atoms with Gasteiger partial charge in [-0.3, -0.25) is 4.79 Å². The molecule has 0 unspecified atom stereocenters. The van der Waals surface area contributed by atoms with Crippen LogP contribution < -0.4 is 0 Å². The number of sulfonamides is 1. The van der Waals surface area contributed by atoms with Crippen molar-refractivity contribution in [2.24, 2.45) is 0 Å². The van der Waals surface area contributed by atoms with Gasteiger partial charge in [0.15, 0.2) is 0 Å². The standard InChI is InChI=1S/C11H23NO5S/c1-11(2,3)18(14,15)12(8-9-16-4)7-6-10(13)17-5/h6-9H2,1-5H3. The van der Waals surface area contributed by atoms with Gasteiger partial charge in [-0.2, -0.15) is 4.31 Å². The zero-order valence-electron chi connectivity index (χ0n) is 11.7. The molecule has 0 spiro atoms. The summed E-state index contributed by atoms with van der Waals surface area (Å²) in [5.41, 5.74) is 0. The molecule has 0 aliphatic rings. The largest absolute Gasteiger partial charge is 0.469 e. The Morgan fingerprint density at radius 3 is 2.11 bits per heavy atom. The van der Waals surface area contributed by atoms with Gasteiger partial charge in [0.2, 0.25) is 10.0 Å². The van der Waals surface area contributed by atoms with Crippen molar-refractivity contribution in [1.82, 2.24) is 4.31 Å². The summed E-state index contributed by atoms with van der Waals surface area (Å²) in [7, 11) is -0.689. The fourth-order valence-corrected chi connectivity index (χ4v) is 2.67. The molecule has 0 heterocycles. The quantitative estimate of drug-likeness (QED) is 0.640. The van der Waals surface area contributed by atoms with Crippen LogP contribution in [-0.4, -0.2) is 57.4 Å². The van der Waals surface area contributed by atoms with Crippen molar-refractivity contribution in [2.45, 2.75) is 31.9 Å². The van der Waals surface area contributed by atoms with Gasteiger partial charge in [-0.1, -0.05) is 0 Å². The summed E-state index contributed by atoms with van der Waals surface area (Å²) in [5.74, 6) is -0.429. The molecule has 7 heteroatoms. The van der Waals surface area contributed by atoms with Gasteiger partial charge in [0.1, 0.15) is 0 Å². The lowest BCUT2D eigenvalue weighted by atomic mass is 10.3. The van der Waals surface area contributed by atoms with E-state index in [1.165, 1.54) is 18.5 Å². The molecule has 0 atom stereocenters. The average Bonchev–Trinajstić information content (AvgIpc) is 2.26. The number of carbonyl (C=O) groups is 1. The van der Waals surface area contributed by atoms with E-state index in [4.69, 9.17) is 4.74 Å². The maximum absolute atomic E-state index is 12.3. The Morgan fingerprint density at radius 1 is 1.17 bits per heavy atom. The van der Waals surface area contributed by atoms with E-state index in [0.29, 0.717) is 0 Å². The monoisotopic (exact) mass is 281 g/mol. The van der Waals surface area contributed by atoms with Crippen molar-refractivity contribution >= 4 is 16.0 Å². The number of hydrogen-bond acceptors (Lipinski definition) is 5. The van der Waals surface area contributed by atoms with Crippen molar-refractivity contribution in [1.29, 1.82) is 0 Å². The summed E-state index contributed by atoms with van der Waals surface area (Å²) < 4.78 is 34.3. The molecule has 0 N–H and O–H groups in total. The molecule has 108 valence electrons. The van der Waals surface area contributed by atoms with E-state index in [9.17, 15) is 13.2 Å². The minimum atomic E-state index is -3.47.